The van der Waals surface area contributed by atoms with Gasteiger partial charge in [-0.05, 0) is 119 Å². The molecule has 1 aliphatic rings. The predicted molar refractivity (Wildman–Crippen MR) is 194 cm³/mol. The summed E-state index contributed by atoms with van der Waals surface area (Å²) in [5, 5.41) is 0. The van der Waals surface area contributed by atoms with Crippen molar-refractivity contribution in [2.24, 2.45) is 5.92 Å². The Labute approximate surface area is 264 Å². The fraction of sp³-hybridized carbons (Fsp3) is 0.143. The van der Waals surface area contributed by atoms with E-state index in [-0.39, 0.29) is 0 Å². The molecule has 0 spiro atoms. The highest BCUT2D eigenvalue weighted by Crippen LogP contribution is 2.35. The highest BCUT2D eigenvalue weighted by molar-refractivity contribution is 7.28. The first kappa shape index (κ1) is 29.5. The van der Waals surface area contributed by atoms with Crippen LogP contribution in [0.25, 0.3) is 22.3 Å². The van der Waals surface area contributed by atoms with E-state index in [0.717, 1.165) is 32.4 Å². The lowest BCUT2D eigenvalue weighted by molar-refractivity contribution is 0.739. The van der Waals surface area contributed by atoms with Crippen molar-refractivity contribution in [2.75, 3.05) is 4.90 Å². The summed E-state index contributed by atoms with van der Waals surface area (Å²) in [6.07, 6.45) is 13.7. The van der Waals surface area contributed by atoms with Crippen molar-refractivity contribution in [3.63, 3.8) is 0 Å². The molecule has 4 aromatic carbocycles. The Hall–Kier alpha value is -4.58. The average molecular weight is 590 g/mol. The van der Waals surface area contributed by atoms with Gasteiger partial charge in [0.2, 0.25) is 0 Å². The van der Waals surface area contributed by atoms with Crippen LogP contribution in [0.4, 0.5) is 11.4 Å². The molecule has 0 bridgehead atoms. The molecule has 0 saturated heterocycles. The van der Waals surface area contributed by atoms with Crippen molar-refractivity contribution in [1.29, 1.82) is 0 Å². The summed E-state index contributed by atoms with van der Waals surface area (Å²) < 4.78 is 0. The van der Waals surface area contributed by atoms with Crippen molar-refractivity contribution in [1.82, 2.24) is 0 Å². The van der Waals surface area contributed by atoms with Gasteiger partial charge in [0.15, 0.2) is 0 Å². The topological polar surface area (TPSA) is 3.24 Å². The number of hydrogen-bond acceptors (Lipinski definition) is 1. The van der Waals surface area contributed by atoms with E-state index in [9.17, 15) is 0 Å². The van der Waals surface area contributed by atoms with E-state index < -0.39 is 0 Å². The van der Waals surface area contributed by atoms with Crippen LogP contribution in [0, 0.1) is 12.8 Å². The SMILES string of the molecule is C/C(=C\C(=C/Cc1cc[pH]c1)N(c1ccc(C2=CCC(C)C=C2)cc1)c1ccc(-c2ccccc2)cc1)c1ccccc1C. The molecule has 1 aromatic heterocycles. The van der Waals surface area contributed by atoms with Crippen LogP contribution in [0.5, 0.6) is 0 Å². The Morgan fingerprint density at radius 1 is 0.795 bits per heavy atom. The first-order valence-electron chi connectivity index (χ1n) is 15.6. The van der Waals surface area contributed by atoms with Crippen LogP contribution < -0.4 is 4.90 Å². The molecule has 5 aromatic rings. The number of hydrogen-bond donors (Lipinski definition) is 0. The van der Waals surface area contributed by atoms with Crippen LogP contribution in [-0.2, 0) is 6.42 Å². The minimum atomic E-state index is 0.605. The van der Waals surface area contributed by atoms with Crippen molar-refractivity contribution >= 4 is 30.7 Å². The smallest absolute Gasteiger partial charge is 0.0461 e. The number of benzene rings is 4. The first-order chi connectivity index (χ1) is 21.5. The summed E-state index contributed by atoms with van der Waals surface area (Å²) >= 11 is 0. The lowest BCUT2D eigenvalue weighted by atomic mass is 9.94. The van der Waals surface area contributed by atoms with E-state index in [0.29, 0.717) is 5.92 Å². The van der Waals surface area contributed by atoms with Gasteiger partial charge in [0, 0.05) is 17.1 Å². The van der Waals surface area contributed by atoms with Gasteiger partial charge in [0.1, 0.15) is 0 Å². The third kappa shape index (κ3) is 6.96. The molecule has 6 rings (SSSR count). The van der Waals surface area contributed by atoms with Gasteiger partial charge in [0.05, 0.1) is 0 Å². The summed E-state index contributed by atoms with van der Waals surface area (Å²) in [5.74, 6) is 5.23. The van der Waals surface area contributed by atoms with Gasteiger partial charge in [-0.2, -0.15) is 0 Å². The van der Waals surface area contributed by atoms with Crippen LogP contribution in [-0.4, -0.2) is 0 Å². The molecular weight excluding hydrogens is 549 g/mol. The molecule has 1 heterocycles. The summed E-state index contributed by atoms with van der Waals surface area (Å²) in [4.78, 5) is 2.41. The zero-order chi connectivity index (χ0) is 30.3. The van der Waals surface area contributed by atoms with Crippen LogP contribution >= 0.6 is 8.19 Å². The molecule has 218 valence electrons. The second kappa shape index (κ2) is 13.8. The van der Waals surface area contributed by atoms with E-state index in [2.05, 4.69) is 177 Å². The normalized spacial score (nSPS) is 15.4. The van der Waals surface area contributed by atoms with E-state index in [1.807, 2.05) is 0 Å². The molecule has 2 atom stereocenters. The van der Waals surface area contributed by atoms with Crippen molar-refractivity contribution in [3.8, 4) is 11.1 Å². The quantitative estimate of drug-likeness (QED) is 0.155. The molecular formula is C42H40NP. The second-order valence-corrected chi connectivity index (χ2v) is 12.7. The van der Waals surface area contributed by atoms with E-state index >= 15 is 0 Å². The predicted octanol–water partition coefficient (Wildman–Crippen LogP) is 12.0. The van der Waals surface area contributed by atoms with E-state index in [1.54, 1.807) is 0 Å². The largest absolute Gasteiger partial charge is 0.311 e. The summed E-state index contributed by atoms with van der Waals surface area (Å²) in [5.41, 5.74) is 13.7. The molecule has 0 saturated carbocycles. The molecule has 44 heavy (non-hydrogen) atoms. The molecule has 0 fully saturated rings. The van der Waals surface area contributed by atoms with Gasteiger partial charge in [-0.15, -0.1) is 8.19 Å². The van der Waals surface area contributed by atoms with Crippen molar-refractivity contribution < 1.29 is 0 Å². The van der Waals surface area contributed by atoms with Crippen LogP contribution in [0.3, 0.4) is 0 Å². The fourth-order valence-corrected chi connectivity index (χ4v) is 6.70. The highest BCUT2D eigenvalue weighted by atomic mass is 31.0. The van der Waals surface area contributed by atoms with Crippen molar-refractivity contribution in [3.05, 3.63) is 179 Å². The fourth-order valence-electron chi connectivity index (χ4n) is 5.86. The van der Waals surface area contributed by atoms with Crippen LogP contribution in [0.15, 0.2) is 157 Å². The average Bonchev–Trinajstić information content (AvgIpc) is 3.59. The highest BCUT2D eigenvalue weighted by Gasteiger charge is 2.16. The number of rotatable bonds is 9. The summed E-state index contributed by atoms with van der Waals surface area (Å²) in [7, 11) is 0.776. The maximum atomic E-state index is 2.41. The Bertz CT molecular complexity index is 1800. The Kier molecular flexibility index (Phi) is 9.25. The molecule has 1 aliphatic carbocycles. The minimum Gasteiger partial charge on any atom is -0.311 e. The Morgan fingerprint density at radius 2 is 1.45 bits per heavy atom. The van der Waals surface area contributed by atoms with Gasteiger partial charge >= 0.3 is 0 Å². The molecule has 0 radical (unpaired) electrons. The molecule has 2 unspecified atom stereocenters. The number of aryl methyl sites for hydroxylation is 1. The molecule has 1 nitrogen and oxygen atoms in total. The standard InChI is InChI=1S/C42H40NP/c1-31-13-16-36(17-14-31)38-20-25-40(26-21-38)43(39-23-18-37(19-24-39)35-10-5-4-6-11-35)41(22-15-34-27-28-44-30-34)29-33(3)42-12-8-7-9-32(42)2/h4-13,16-31,44H,14-15H2,1-3H3/b33-29+,41-22+. The summed E-state index contributed by atoms with van der Waals surface area (Å²) in [6.45, 7) is 6.69. The monoisotopic (exact) mass is 589 g/mol. The van der Waals surface area contributed by atoms with Crippen molar-refractivity contribution in [2.45, 2.75) is 33.6 Å². The maximum absolute atomic E-state index is 2.41. The molecule has 0 aliphatic heterocycles. The molecule has 0 N–H and O–H groups in total. The van der Waals surface area contributed by atoms with Crippen LogP contribution in [0.1, 0.15) is 42.5 Å². The van der Waals surface area contributed by atoms with Gasteiger partial charge in [-0.25, -0.2) is 0 Å². The van der Waals surface area contributed by atoms with Gasteiger partial charge < -0.3 is 4.90 Å². The summed E-state index contributed by atoms with van der Waals surface area (Å²) in [6, 6.07) is 39.6. The van der Waals surface area contributed by atoms with Gasteiger partial charge in [-0.1, -0.05) is 116 Å². The Morgan fingerprint density at radius 3 is 2.09 bits per heavy atom. The van der Waals surface area contributed by atoms with E-state index in [1.165, 1.54) is 50.2 Å². The maximum Gasteiger partial charge on any atom is 0.0461 e. The molecule has 0 amide bonds. The zero-order valence-corrected chi connectivity index (χ0v) is 26.9. The number of anilines is 2. The third-order valence-electron chi connectivity index (χ3n) is 8.41. The zero-order valence-electron chi connectivity index (χ0n) is 25.9. The van der Waals surface area contributed by atoms with E-state index in [4.69, 9.17) is 0 Å². The first-order valence-corrected chi connectivity index (χ1v) is 16.7. The number of allylic oxidation sites excluding steroid dienone is 7. The lowest BCUT2D eigenvalue weighted by Crippen LogP contribution is -2.16. The third-order valence-corrected chi connectivity index (χ3v) is 9.30. The van der Waals surface area contributed by atoms with Gasteiger partial charge in [0.25, 0.3) is 0 Å². The van der Waals surface area contributed by atoms with Gasteiger partial charge in [-0.3, -0.25) is 0 Å². The van der Waals surface area contributed by atoms with Crippen LogP contribution in [0.2, 0.25) is 0 Å². The lowest BCUT2D eigenvalue weighted by Gasteiger charge is -2.28. The second-order valence-electron chi connectivity index (χ2n) is 11.7. The Balaban J connectivity index is 1.45. The number of nitrogens with zero attached hydrogens (tertiary/aromatic N) is 1. The molecule has 2 heteroatoms. The minimum absolute atomic E-state index is 0.605.